The summed E-state index contributed by atoms with van der Waals surface area (Å²) in [4.78, 5) is 16.7. The van der Waals surface area contributed by atoms with Gasteiger partial charge >= 0.3 is 0 Å². The van der Waals surface area contributed by atoms with Crippen LogP contribution in [0.2, 0.25) is 0 Å². The molecule has 0 radical (unpaired) electrons. The Morgan fingerprint density at radius 1 is 1.11 bits per heavy atom. The zero-order valence-electron chi connectivity index (χ0n) is 16.4. The molecular formula is C21H30N2O4S. The molecule has 1 amide bonds. The predicted molar refractivity (Wildman–Crippen MR) is 108 cm³/mol. The zero-order chi connectivity index (χ0) is 19.6. The second kappa shape index (κ2) is 8.41. The average molecular weight is 407 g/mol. The summed E-state index contributed by atoms with van der Waals surface area (Å²) in [6, 6.07) is 6.41. The fourth-order valence-corrected chi connectivity index (χ4v) is 6.40. The van der Waals surface area contributed by atoms with Crippen molar-refractivity contribution in [3.63, 3.8) is 0 Å². The van der Waals surface area contributed by atoms with Gasteiger partial charge in [-0.1, -0.05) is 25.0 Å². The Balaban J connectivity index is 1.23. The van der Waals surface area contributed by atoms with Crippen LogP contribution in [0.25, 0.3) is 0 Å². The summed E-state index contributed by atoms with van der Waals surface area (Å²) >= 11 is 0. The van der Waals surface area contributed by atoms with Gasteiger partial charge in [0.1, 0.15) is 5.75 Å². The molecule has 0 unspecified atom stereocenters. The van der Waals surface area contributed by atoms with Crippen molar-refractivity contribution in [2.45, 2.75) is 50.3 Å². The van der Waals surface area contributed by atoms with E-state index in [-0.39, 0.29) is 23.3 Å². The molecular weight excluding hydrogens is 376 g/mol. The Morgan fingerprint density at radius 2 is 1.86 bits per heavy atom. The smallest absolute Gasteiger partial charge is 0.223 e. The van der Waals surface area contributed by atoms with Gasteiger partial charge in [-0.15, -0.1) is 0 Å². The van der Waals surface area contributed by atoms with Crippen LogP contribution < -0.4 is 4.74 Å². The molecule has 1 aliphatic carbocycles. The largest absolute Gasteiger partial charge is 0.493 e. The highest BCUT2D eigenvalue weighted by atomic mass is 32.2. The molecule has 0 atom stereocenters. The van der Waals surface area contributed by atoms with Crippen LogP contribution in [-0.2, 0) is 27.6 Å². The third kappa shape index (κ3) is 4.51. The van der Waals surface area contributed by atoms with Gasteiger partial charge in [-0.2, -0.15) is 0 Å². The first kappa shape index (κ1) is 19.7. The Hall–Kier alpha value is -1.60. The van der Waals surface area contributed by atoms with Gasteiger partial charge in [0.25, 0.3) is 0 Å². The van der Waals surface area contributed by atoms with Crippen molar-refractivity contribution < 1.29 is 17.9 Å². The number of piperazine rings is 1. The topological polar surface area (TPSA) is 66.9 Å². The summed E-state index contributed by atoms with van der Waals surface area (Å²) in [5.74, 6) is 0.996. The minimum atomic E-state index is -3.12. The second-order valence-electron chi connectivity index (χ2n) is 8.22. The van der Waals surface area contributed by atoms with E-state index in [0.29, 0.717) is 13.1 Å². The van der Waals surface area contributed by atoms with Crippen molar-refractivity contribution in [2.75, 3.05) is 38.5 Å². The number of nitrogens with zero attached hydrogens (tertiary/aromatic N) is 2. The van der Waals surface area contributed by atoms with E-state index in [1.807, 2.05) is 4.90 Å². The SMILES string of the molecule is O=C(CCS(=O)(=O)C1CCCC1)N1CCN(Cc2ccc3c(c2)CCO3)CC1. The molecule has 3 aliphatic rings. The Bertz CT molecular complexity index is 810. The van der Waals surface area contributed by atoms with Gasteiger partial charge in [0.15, 0.2) is 9.84 Å². The highest BCUT2D eigenvalue weighted by Crippen LogP contribution is 2.27. The van der Waals surface area contributed by atoms with Gasteiger partial charge in [-0.25, -0.2) is 8.42 Å². The molecule has 6 nitrogen and oxygen atoms in total. The van der Waals surface area contributed by atoms with Crippen LogP contribution in [0.15, 0.2) is 18.2 Å². The molecule has 7 heteroatoms. The van der Waals surface area contributed by atoms with Crippen molar-refractivity contribution >= 4 is 15.7 Å². The number of ether oxygens (including phenoxy) is 1. The molecule has 4 rings (SSSR count). The molecule has 2 aliphatic heterocycles. The molecule has 0 N–H and O–H groups in total. The number of hydrogen-bond donors (Lipinski definition) is 0. The van der Waals surface area contributed by atoms with E-state index in [0.717, 1.165) is 64.1 Å². The molecule has 1 aromatic rings. The Labute approximate surface area is 167 Å². The lowest BCUT2D eigenvalue weighted by molar-refractivity contribution is -0.132. The maximum atomic E-state index is 12.5. The number of carbonyl (C=O) groups excluding carboxylic acids is 1. The fraction of sp³-hybridized carbons (Fsp3) is 0.667. The highest BCUT2D eigenvalue weighted by Gasteiger charge is 2.30. The molecule has 28 heavy (non-hydrogen) atoms. The summed E-state index contributed by atoms with van der Waals surface area (Å²) in [5, 5.41) is -0.213. The molecule has 2 heterocycles. The number of fused-ring (bicyclic) bond motifs is 1. The Kier molecular flexibility index (Phi) is 5.92. The molecule has 0 aromatic heterocycles. The second-order valence-corrected chi connectivity index (χ2v) is 10.6. The van der Waals surface area contributed by atoms with Gasteiger partial charge < -0.3 is 9.64 Å². The van der Waals surface area contributed by atoms with Crippen LogP contribution in [0, 0.1) is 0 Å². The molecule has 2 fully saturated rings. The number of benzene rings is 1. The van der Waals surface area contributed by atoms with E-state index >= 15 is 0 Å². The summed E-state index contributed by atoms with van der Waals surface area (Å²) < 4.78 is 30.3. The fourth-order valence-electron chi connectivity index (χ4n) is 4.55. The highest BCUT2D eigenvalue weighted by molar-refractivity contribution is 7.92. The minimum Gasteiger partial charge on any atom is -0.493 e. The molecule has 1 saturated carbocycles. The van der Waals surface area contributed by atoms with Gasteiger partial charge in [-0.3, -0.25) is 9.69 Å². The van der Waals surface area contributed by atoms with Gasteiger partial charge in [0, 0.05) is 45.6 Å². The van der Waals surface area contributed by atoms with Gasteiger partial charge in [-0.05, 0) is 30.0 Å². The number of hydrogen-bond acceptors (Lipinski definition) is 5. The van der Waals surface area contributed by atoms with Crippen LogP contribution in [-0.4, -0.2) is 67.9 Å². The monoisotopic (exact) mass is 406 g/mol. The van der Waals surface area contributed by atoms with E-state index in [9.17, 15) is 13.2 Å². The maximum absolute atomic E-state index is 12.5. The van der Waals surface area contributed by atoms with Crippen molar-refractivity contribution in [3.05, 3.63) is 29.3 Å². The summed E-state index contributed by atoms with van der Waals surface area (Å²) in [5.41, 5.74) is 2.57. The van der Waals surface area contributed by atoms with E-state index in [2.05, 4.69) is 23.1 Å². The molecule has 1 aromatic carbocycles. The number of rotatable bonds is 6. The summed E-state index contributed by atoms with van der Waals surface area (Å²) in [7, 11) is -3.12. The van der Waals surface area contributed by atoms with Crippen molar-refractivity contribution in [1.82, 2.24) is 9.80 Å². The first-order valence-corrected chi connectivity index (χ1v) is 12.2. The lowest BCUT2D eigenvalue weighted by Crippen LogP contribution is -2.48. The first-order valence-electron chi connectivity index (χ1n) is 10.5. The van der Waals surface area contributed by atoms with Crippen molar-refractivity contribution in [1.29, 1.82) is 0 Å². The number of sulfone groups is 1. The molecule has 0 spiro atoms. The van der Waals surface area contributed by atoms with Crippen LogP contribution >= 0.6 is 0 Å². The zero-order valence-corrected chi connectivity index (χ0v) is 17.3. The first-order chi connectivity index (χ1) is 13.5. The van der Waals surface area contributed by atoms with Gasteiger partial charge in [0.2, 0.25) is 5.91 Å². The van der Waals surface area contributed by atoms with E-state index in [4.69, 9.17) is 4.74 Å². The average Bonchev–Trinajstić information content (AvgIpc) is 3.38. The van der Waals surface area contributed by atoms with Crippen LogP contribution in [0.1, 0.15) is 43.2 Å². The minimum absolute atomic E-state index is 0.00785. The molecule has 1 saturated heterocycles. The number of carbonyl (C=O) groups is 1. The van der Waals surface area contributed by atoms with Crippen LogP contribution in [0.3, 0.4) is 0 Å². The lowest BCUT2D eigenvalue weighted by atomic mass is 10.1. The van der Waals surface area contributed by atoms with E-state index < -0.39 is 9.84 Å². The quantitative estimate of drug-likeness (QED) is 0.723. The van der Waals surface area contributed by atoms with Crippen LogP contribution in [0.4, 0.5) is 0 Å². The van der Waals surface area contributed by atoms with Crippen LogP contribution in [0.5, 0.6) is 5.75 Å². The Morgan fingerprint density at radius 3 is 2.61 bits per heavy atom. The standard InChI is InChI=1S/C21H30N2O4S/c24-21(8-14-28(25,26)19-3-1-2-4-19)23-11-9-22(10-12-23)16-17-5-6-20-18(15-17)7-13-27-20/h5-6,15,19H,1-4,7-14,16H2. The predicted octanol–water partition coefficient (Wildman–Crippen LogP) is 2.01. The maximum Gasteiger partial charge on any atom is 0.223 e. The van der Waals surface area contributed by atoms with E-state index in [1.165, 1.54) is 11.1 Å². The molecule has 0 bridgehead atoms. The van der Waals surface area contributed by atoms with E-state index in [1.54, 1.807) is 0 Å². The van der Waals surface area contributed by atoms with Crippen molar-refractivity contribution in [3.8, 4) is 5.75 Å². The summed E-state index contributed by atoms with van der Waals surface area (Å²) in [6.45, 7) is 4.66. The third-order valence-corrected chi connectivity index (χ3v) is 8.56. The lowest BCUT2D eigenvalue weighted by Gasteiger charge is -2.35. The summed E-state index contributed by atoms with van der Waals surface area (Å²) in [6.07, 6.45) is 4.64. The molecule has 154 valence electrons. The van der Waals surface area contributed by atoms with Gasteiger partial charge in [0.05, 0.1) is 17.6 Å². The van der Waals surface area contributed by atoms with Crippen molar-refractivity contribution in [2.24, 2.45) is 0 Å². The normalized spacial score (nSPS) is 20.9. The third-order valence-electron chi connectivity index (χ3n) is 6.30. The number of amides is 1.